The van der Waals surface area contributed by atoms with Crippen LogP contribution in [0.4, 0.5) is 5.69 Å². The van der Waals surface area contributed by atoms with E-state index < -0.39 is 0 Å². The standard InChI is InChI=1S/C18H21NO2/c1-14-13-16(10-11-17(14)19)18(20)21-12-6-5-9-15-7-3-2-4-8-15/h2-4,7-8,10-11,13H,5-6,9,12,19H2,1H3. The number of rotatable bonds is 6. The van der Waals surface area contributed by atoms with Crippen molar-refractivity contribution < 1.29 is 9.53 Å². The Kier molecular flexibility index (Phi) is 5.38. The molecule has 0 bridgehead atoms. The second-order valence-electron chi connectivity index (χ2n) is 5.15. The summed E-state index contributed by atoms with van der Waals surface area (Å²) < 4.78 is 5.28. The van der Waals surface area contributed by atoms with Gasteiger partial charge in [0.2, 0.25) is 0 Å². The highest BCUT2D eigenvalue weighted by Gasteiger charge is 2.07. The molecule has 3 nitrogen and oxygen atoms in total. The summed E-state index contributed by atoms with van der Waals surface area (Å²) in [6.45, 7) is 2.33. The first-order chi connectivity index (χ1) is 10.2. The van der Waals surface area contributed by atoms with E-state index in [0.29, 0.717) is 17.9 Å². The highest BCUT2D eigenvalue weighted by atomic mass is 16.5. The largest absolute Gasteiger partial charge is 0.462 e. The molecule has 0 saturated carbocycles. The average Bonchev–Trinajstić information content (AvgIpc) is 2.50. The highest BCUT2D eigenvalue weighted by Crippen LogP contribution is 2.13. The van der Waals surface area contributed by atoms with Crippen LogP contribution in [0.1, 0.15) is 34.3 Å². The van der Waals surface area contributed by atoms with Gasteiger partial charge in [-0.05, 0) is 55.5 Å². The third-order valence-corrected chi connectivity index (χ3v) is 3.44. The quantitative estimate of drug-likeness (QED) is 0.499. The number of benzene rings is 2. The van der Waals surface area contributed by atoms with Crippen LogP contribution >= 0.6 is 0 Å². The SMILES string of the molecule is Cc1cc(C(=O)OCCCCc2ccccc2)ccc1N. The minimum Gasteiger partial charge on any atom is -0.462 e. The highest BCUT2D eigenvalue weighted by molar-refractivity contribution is 5.90. The van der Waals surface area contributed by atoms with Gasteiger partial charge in [-0.1, -0.05) is 30.3 Å². The zero-order chi connectivity index (χ0) is 15.1. The summed E-state index contributed by atoms with van der Waals surface area (Å²) in [5.41, 5.74) is 9.20. The number of aryl methyl sites for hydroxylation is 2. The molecular formula is C18H21NO2. The number of esters is 1. The number of carbonyl (C=O) groups excluding carboxylic acids is 1. The van der Waals surface area contributed by atoms with Crippen LogP contribution in [0.15, 0.2) is 48.5 Å². The maximum atomic E-state index is 11.9. The summed E-state index contributed by atoms with van der Waals surface area (Å²) in [7, 11) is 0. The Morgan fingerprint density at radius 2 is 1.86 bits per heavy atom. The van der Waals surface area contributed by atoms with Gasteiger partial charge in [-0.3, -0.25) is 0 Å². The summed E-state index contributed by atoms with van der Waals surface area (Å²) in [5.74, 6) is -0.280. The average molecular weight is 283 g/mol. The van der Waals surface area contributed by atoms with Crippen molar-refractivity contribution in [3.63, 3.8) is 0 Å². The van der Waals surface area contributed by atoms with E-state index in [4.69, 9.17) is 10.5 Å². The minimum atomic E-state index is -0.280. The molecule has 0 saturated heterocycles. The van der Waals surface area contributed by atoms with Gasteiger partial charge in [-0.15, -0.1) is 0 Å². The van der Waals surface area contributed by atoms with E-state index in [-0.39, 0.29) is 5.97 Å². The molecule has 21 heavy (non-hydrogen) atoms. The summed E-state index contributed by atoms with van der Waals surface area (Å²) in [5, 5.41) is 0. The van der Waals surface area contributed by atoms with Crippen LogP contribution in [0.5, 0.6) is 0 Å². The molecule has 0 heterocycles. The van der Waals surface area contributed by atoms with Gasteiger partial charge in [0.15, 0.2) is 0 Å². The van der Waals surface area contributed by atoms with Gasteiger partial charge in [0.1, 0.15) is 0 Å². The summed E-state index contributed by atoms with van der Waals surface area (Å²) in [6, 6.07) is 15.5. The molecule has 0 atom stereocenters. The second-order valence-corrected chi connectivity index (χ2v) is 5.15. The van der Waals surface area contributed by atoms with Crippen molar-refractivity contribution in [3.8, 4) is 0 Å². The van der Waals surface area contributed by atoms with Crippen LogP contribution in [0, 0.1) is 6.92 Å². The molecule has 0 aliphatic heterocycles. The molecule has 2 aromatic carbocycles. The fourth-order valence-electron chi connectivity index (χ4n) is 2.13. The first kappa shape index (κ1) is 15.1. The molecular weight excluding hydrogens is 262 g/mol. The number of nitrogens with two attached hydrogens (primary N) is 1. The van der Waals surface area contributed by atoms with E-state index in [0.717, 1.165) is 24.8 Å². The number of hydrogen-bond donors (Lipinski definition) is 1. The lowest BCUT2D eigenvalue weighted by Gasteiger charge is -2.07. The van der Waals surface area contributed by atoms with Gasteiger partial charge in [0.05, 0.1) is 12.2 Å². The fourth-order valence-corrected chi connectivity index (χ4v) is 2.13. The molecule has 3 heteroatoms. The molecule has 0 amide bonds. The fraction of sp³-hybridized carbons (Fsp3) is 0.278. The van der Waals surface area contributed by atoms with Crippen molar-refractivity contribution in [2.24, 2.45) is 0 Å². The Balaban J connectivity index is 1.71. The topological polar surface area (TPSA) is 52.3 Å². The number of ether oxygens (including phenoxy) is 1. The lowest BCUT2D eigenvalue weighted by Crippen LogP contribution is -2.07. The normalized spacial score (nSPS) is 10.3. The zero-order valence-electron chi connectivity index (χ0n) is 12.3. The molecule has 2 N–H and O–H groups in total. The van der Waals surface area contributed by atoms with E-state index in [1.165, 1.54) is 5.56 Å². The van der Waals surface area contributed by atoms with Crippen LogP contribution in [-0.2, 0) is 11.2 Å². The van der Waals surface area contributed by atoms with Crippen LogP contribution in [0.25, 0.3) is 0 Å². The molecule has 0 spiro atoms. The van der Waals surface area contributed by atoms with Crippen LogP contribution in [0.3, 0.4) is 0 Å². The zero-order valence-corrected chi connectivity index (χ0v) is 12.3. The Bertz CT molecular complexity index is 593. The monoisotopic (exact) mass is 283 g/mol. The lowest BCUT2D eigenvalue weighted by molar-refractivity contribution is 0.0498. The van der Waals surface area contributed by atoms with Crippen molar-refractivity contribution in [3.05, 3.63) is 65.2 Å². The predicted molar refractivity (Wildman–Crippen MR) is 85.3 cm³/mol. The number of anilines is 1. The third-order valence-electron chi connectivity index (χ3n) is 3.44. The summed E-state index contributed by atoms with van der Waals surface area (Å²) in [4.78, 5) is 11.9. The molecule has 0 aromatic heterocycles. The minimum absolute atomic E-state index is 0.280. The van der Waals surface area contributed by atoms with Crippen molar-refractivity contribution in [1.82, 2.24) is 0 Å². The third kappa shape index (κ3) is 4.63. The number of unbranched alkanes of at least 4 members (excludes halogenated alkanes) is 1. The van der Waals surface area contributed by atoms with E-state index in [2.05, 4.69) is 12.1 Å². The molecule has 0 fully saturated rings. The maximum Gasteiger partial charge on any atom is 0.338 e. The van der Waals surface area contributed by atoms with Gasteiger partial charge in [0.25, 0.3) is 0 Å². The first-order valence-electron chi connectivity index (χ1n) is 7.24. The van der Waals surface area contributed by atoms with E-state index in [1.54, 1.807) is 18.2 Å². The molecule has 0 unspecified atom stereocenters. The van der Waals surface area contributed by atoms with E-state index >= 15 is 0 Å². The predicted octanol–water partition coefficient (Wildman–Crippen LogP) is 3.76. The van der Waals surface area contributed by atoms with E-state index in [1.807, 2.05) is 25.1 Å². The van der Waals surface area contributed by atoms with Crippen LogP contribution < -0.4 is 5.73 Å². The Morgan fingerprint density at radius 3 is 2.57 bits per heavy atom. The van der Waals surface area contributed by atoms with Gasteiger partial charge < -0.3 is 10.5 Å². The van der Waals surface area contributed by atoms with Gasteiger partial charge >= 0.3 is 5.97 Å². The molecule has 2 aromatic rings. The van der Waals surface area contributed by atoms with E-state index in [9.17, 15) is 4.79 Å². The van der Waals surface area contributed by atoms with Crippen molar-refractivity contribution in [1.29, 1.82) is 0 Å². The van der Waals surface area contributed by atoms with Gasteiger partial charge in [-0.2, -0.15) is 0 Å². The first-order valence-corrected chi connectivity index (χ1v) is 7.24. The number of nitrogen functional groups attached to an aromatic ring is 1. The van der Waals surface area contributed by atoms with Crippen molar-refractivity contribution >= 4 is 11.7 Å². The van der Waals surface area contributed by atoms with Crippen LogP contribution in [-0.4, -0.2) is 12.6 Å². The Morgan fingerprint density at radius 1 is 1.10 bits per heavy atom. The Hall–Kier alpha value is -2.29. The molecule has 2 rings (SSSR count). The lowest BCUT2D eigenvalue weighted by atomic mass is 10.1. The molecule has 0 aliphatic rings. The van der Waals surface area contributed by atoms with Crippen LogP contribution in [0.2, 0.25) is 0 Å². The Labute approximate surface area is 125 Å². The summed E-state index contributed by atoms with van der Waals surface area (Å²) in [6.07, 6.45) is 2.89. The smallest absolute Gasteiger partial charge is 0.338 e. The number of hydrogen-bond acceptors (Lipinski definition) is 3. The molecule has 0 radical (unpaired) electrons. The maximum absolute atomic E-state index is 11.9. The molecule has 110 valence electrons. The number of carbonyl (C=O) groups is 1. The second kappa shape index (κ2) is 7.48. The molecule has 0 aliphatic carbocycles. The van der Waals surface area contributed by atoms with Crippen molar-refractivity contribution in [2.75, 3.05) is 12.3 Å². The van der Waals surface area contributed by atoms with Gasteiger partial charge in [0, 0.05) is 5.69 Å². The summed E-state index contributed by atoms with van der Waals surface area (Å²) >= 11 is 0. The van der Waals surface area contributed by atoms with Crippen molar-refractivity contribution in [2.45, 2.75) is 26.2 Å². The van der Waals surface area contributed by atoms with Gasteiger partial charge in [-0.25, -0.2) is 4.79 Å².